The molecule has 0 atom stereocenters. The second-order valence-electron chi connectivity index (χ2n) is 7.79. The third-order valence-electron chi connectivity index (χ3n) is 5.96. The number of piperidine rings is 2. The van der Waals surface area contributed by atoms with Crippen LogP contribution < -0.4 is 0 Å². The fraction of sp³-hybridized carbons (Fsp3) is 0.478. The number of hydrogen-bond acceptors (Lipinski definition) is 6. The average Bonchev–Trinajstić information content (AvgIpc) is 2.80. The first kappa shape index (κ1) is 24.5. The number of halogens is 1. The molecule has 7 nitrogen and oxygen atoms in total. The molecule has 2 saturated heterocycles. The van der Waals surface area contributed by atoms with E-state index >= 15 is 0 Å². The average molecular weight is 480 g/mol. The van der Waals surface area contributed by atoms with Crippen LogP contribution in [0.25, 0.3) is 0 Å². The summed E-state index contributed by atoms with van der Waals surface area (Å²) in [5.74, 6) is -0.247. The molecule has 1 aromatic carbocycles. The summed E-state index contributed by atoms with van der Waals surface area (Å²) in [4.78, 5) is 18.9. The van der Waals surface area contributed by atoms with E-state index in [-0.39, 0.29) is 23.3 Å². The maximum atomic E-state index is 13.2. The second kappa shape index (κ2) is 10.6. The van der Waals surface area contributed by atoms with E-state index in [4.69, 9.17) is 16.3 Å². The zero-order chi connectivity index (χ0) is 23.3. The smallest absolute Gasteiger partial charge is 0.309 e. The van der Waals surface area contributed by atoms with Gasteiger partial charge in [-0.2, -0.15) is 4.31 Å². The van der Waals surface area contributed by atoms with Gasteiger partial charge >= 0.3 is 5.97 Å². The van der Waals surface area contributed by atoms with Crippen LogP contribution in [-0.2, 0) is 19.6 Å². The Morgan fingerprint density at radius 1 is 1.25 bits per heavy atom. The molecule has 0 unspecified atom stereocenters. The van der Waals surface area contributed by atoms with Crippen molar-refractivity contribution in [3.8, 4) is 0 Å². The molecule has 174 valence electrons. The number of rotatable bonds is 6. The summed E-state index contributed by atoms with van der Waals surface area (Å²) in [5.41, 5.74) is 2.62. The molecule has 9 heteroatoms. The second-order valence-corrected chi connectivity index (χ2v) is 10.2. The number of likely N-dealkylation sites (tertiary alicyclic amines) is 1. The third kappa shape index (κ3) is 5.24. The number of esters is 1. The topological polar surface area (TPSA) is 79.3 Å². The Balaban J connectivity index is 1.85. The fourth-order valence-electron chi connectivity index (χ4n) is 4.22. The van der Waals surface area contributed by atoms with Gasteiger partial charge in [0.2, 0.25) is 10.0 Å². The van der Waals surface area contributed by atoms with Crippen LogP contribution in [0.5, 0.6) is 0 Å². The van der Waals surface area contributed by atoms with Crippen molar-refractivity contribution in [2.45, 2.75) is 31.1 Å². The summed E-state index contributed by atoms with van der Waals surface area (Å²) in [7, 11) is -1.94. The van der Waals surface area contributed by atoms with Gasteiger partial charge in [-0.15, -0.1) is 0 Å². The van der Waals surface area contributed by atoms with Crippen LogP contribution in [-0.4, -0.2) is 69.1 Å². The van der Waals surface area contributed by atoms with Crippen molar-refractivity contribution >= 4 is 33.3 Å². The highest BCUT2D eigenvalue weighted by atomic mass is 35.5. The maximum absolute atomic E-state index is 13.2. The van der Waals surface area contributed by atoms with Crippen LogP contribution in [0.15, 0.2) is 58.1 Å². The summed E-state index contributed by atoms with van der Waals surface area (Å²) < 4.78 is 33.1. The zero-order valence-corrected chi connectivity index (χ0v) is 20.2. The summed E-state index contributed by atoms with van der Waals surface area (Å²) in [6, 6.07) is 6.21. The predicted molar refractivity (Wildman–Crippen MR) is 126 cm³/mol. The SMILES string of the molecule is C=C/C(=C1/CN(S(=O)(=O)c2ccc(Cl)cc2)CCC1=NC)N1CCC(C(=O)OCC)CC1. The van der Waals surface area contributed by atoms with Gasteiger partial charge in [0.25, 0.3) is 0 Å². The molecule has 3 rings (SSSR count). The maximum Gasteiger partial charge on any atom is 0.309 e. The molecule has 0 radical (unpaired) electrons. The fourth-order valence-corrected chi connectivity index (χ4v) is 5.76. The largest absolute Gasteiger partial charge is 0.466 e. The van der Waals surface area contributed by atoms with Crippen molar-refractivity contribution in [2.24, 2.45) is 10.9 Å². The lowest BCUT2D eigenvalue weighted by atomic mass is 9.94. The summed E-state index contributed by atoms with van der Waals surface area (Å²) in [6.07, 6.45) is 3.67. The Morgan fingerprint density at radius 2 is 1.91 bits per heavy atom. The zero-order valence-electron chi connectivity index (χ0n) is 18.6. The minimum absolute atomic E-state index is 0.102. The molecule has 2 aliphatic rings. The van der Waals surface area contributed by atoms with E-state index in [0.717, 1.165) is 17.0 Å². The summed E-state index contributed by atoms with van der Waals surface area (Å²) in [5, 5.41) is 0.490. The van der Waals surface area contributed by atoms with Gasteiger partial charge in [-0.3, -0.25) is 9.79 Å². The molecule has 32 heavy (non-hydrogen) atoms. The van der Waals surface area contributed by atoms with Gasteiger partial charge in [-0.25, -0.2) is 8.42 Å². The lowest BCUT2D eigenvalue weighted by Crippen LogP contribution is -2.43. The highest BCUT2D eigenvalue weighted by Crippen LogP contribution is 2.29. The Kier molecular flexibility index (Phi) is 8.14. The minimum atomic E-state index is -3.67. The molecule has 2 fully saturated rings. The number of hydrogen-bond donors (Lipinski definition) is 0. The first-order valence-corrected chi connectivity index (χ1v) is 12.6. The van der Waals surface area contributed by atoms with Crippen molar-refractivity contribution < 1.29 is 17.9 Å². The van der Waals surface area contributed by atoms with Gasteiger partial charge in [0.15, 0.2) is 0 Å². The van der Waals surface area contributed by atoms with Gasteiger partial charge in [0.1, 0.15) is 0 Å². The molecule has 0 N–H and O–H groups in total. The Bertz CT molecular complexity index is 1010. The number of aliphatic imine (C=N–C) groups is 1. The lowest BCUT2D eigenvalue weighted by molar-refractivity contribution is -0.149. The van der Waals surface area contributed by atoms with Gasteiger partial charge in [-0.1, -0.05) is 18.2 Å². The number of carbonyl (C=O) groups excluding carboxylic acids is 1. The predicted octanol–water partition coefficient (Wildman–Crippen LogP) is 3.52. The molecule has 0 aromatic heterocycles. The number of allylic oxidation sites excluding steroid dienone is 1. The Labute approximate surface area is 195 Å². The highest BCUT2D eigenvalue weighted by Gasteiger charge is 2.33. The van der Waals surface area contributed by atoms with Crippen molar-refractivity contribution in [2.75, 3.05) is 39.8 Å². The van der Waals surface area contributed by atoms with E-state index in [1.807, 2.05) is 6.92 Å². The molecule has 0 bridgehead atoms. The Morgan fingerprint density at radius 3 is 2.47 bits per heavy atom. The molecular formula is C23H30ClN3O4S. The van der Waals surface area contributed by atoms with E-state index in [1.54, 1.807) is 25.3 Å². The third-order valence-corrected chi connectivity index (χ3v) is 8.07. The van der Waals surface area contributed by atoms with Crippen LogP contribution in [0.1, 0.15) is 26.2 Å². The van der Waals surface area contributed by atoms with Crippen molar-refractivity contribution in [1.82, 2.24) is 9.21 Å². The molecule has 0 amide bonds. The first-order valence-electron chi connectivity index (χ1n) is 10.8. The molecule has 0 spiro atoms. The van der Waals surface area contributed by atoms with Crippen LogP contribution in [0.2, 0.25) is 5.02 Å². The summed E-state index contributed by atoms with van der Waals surface area (Å²) >= 11 is 5.93. The quantitative estimate of drug-likeness (QED) is 0.583. The standard InChI is InChI=1S/C23H30ClN3O4S/c1-4-22(26-13-10-17(11-14-26)23(28)31-5-2)20-16-27(15-12-21(20)25-3)32(29,30)19-8-6-18(24)7-9-19/h4,6-9,17H,1,5,10-16H2,2-3H3/b22-20+,25-21?. The number of ether oxygens (including phenoxy) is 1. The summed E-state index contributed by atoms with van der Waals surface area (Å²) in [6.45, 7) is 8.11. The number of benzene rings is 1. The van der Waals surface area contributed by atoms with E-state index in [9.17, 15) is 13.2 Å². The Hall–Kier alpha value is -2.16. The van der Waals surface area contributed by atoms with E-state index in [1.165, 1.54) is 16.4 Å². The van der Waals surface area contributed by atoms with Crippen molar-refractivity contribution in [1.29, 1.82) is 0 Å². The number of nitrogens with zero attached hydrogens (tertiary/aromatic N) is 3. The van der Waals surface area contributed by atoms with Gasteiger partial charge in [0.05, 0.1) is 17.4 Å². The normalized spacial score (nSPS) is 21.5. The van der Waals surface area contributed by atoms with Crippen molar-refractivity contribution in [3.05, 3.63) is 53.2 Å². The minimum Gasteiger partial charge on any atom is -0.466 e. The number of carbonyl (C=O) groups is 1. The highest BCUT2D eigenvalue weighted by molar-refractivity contribution is 7.89. The van der Waals surface area contributed by atoms with Crippen LogP contribution in [0, 0.1) is 5.92 Å². The van der Waals surface area contributed by atoms with Gasteiger partial charge in [-0.05, 0) is 50.1 Å². The van der Waals surface area contributed by atoms with Crippen LogP contribution in [0.3, 0.4) is 0 Å². The van der Waals surface area contributed by atoms with Gasteiger partial charge in [0, 0.05) is 61.7 Å². The van der Waals surface area contributed by atoms with E-state index in [2.05, 4.69) is 16.5 Å². The van der Waals surface area contributed by atoms with Crippen LogP contribution >= 0.6 is 11.6 Å². The number of sulfonamides is 1. The molecule has 2 aliphatic heterocycles. The lowest BCUT2D eigenvalue weighted by Gasteiger charge is -2.37. The molecule has 0 aliphatic carbocycles. The van der Waals surface area contributed by atoms with Gasteiger partial charge < -0.3 is 9.64 Å². The molecule has 2 heterocycles. The monoisotopic (exact) mass is 479 g/mol. The van der Waals surface area contributed by atoms with Crippen LogP contribution in [0.4, 0.5) is 0 Å². The first-order chi connectivity index (χ1) is 15.3. The van der Waals surface area contributed by atoms with E-state index in [0.29, 0.717) is 50.5 Å². The molecular weight excluding hydrogens is 450 g/mol. The van der Waals surface area contributed by atoms with E-state index < -0.39 is 10.0 Å². The molecule has 1 aromatic rings. The van der Waals surface area contributed by atoms with Crippen molar-refractivity contribution in [3.63, 3.8) is 0 Å². The molecule has 0 saturated carbocycles.